The molecule has 0 radical (unpaired) electrons. The van der Waals surface area contributed by atoms with E-state index in [0.29, 0.717) is 19.1 Å². The molecule has 3 rings (SSSR count). The van der Waals surface area contributed by atoms with Crippen LogP contribution in [-0.2, 0) is 18.3 Å². The van der Waals surface area contributed by atoms with Gasteiger partial charge in [-0.05, 0) is 39.1 Å². The Morgan fingerprint density at radius 3 is 2.87 bits per heavy atom. The van der Waals surface area contributed by atoms with Crippen LogP contribution in [0.5, 0.6) is 5.75 Å². The van der Waals surface area contributed by atoms with Gasteiger partial charge in [-0.25, -0.2) is 0 Å². The Balaban J connectivity index is 1.57. The molecule has 170 valence electrons. The van der Waals surface area contributed by atoms with Crippen molar-refractivity contribution >= 4 is 5.96 Å². The molecule has 0 aliphatic carbocycles. The highest BCUT2D eigenvalue weighted by molar-refractivity contribution is 5.79. The van der Waals surface area contributed by atoms with Crippen LogP contribution < -0.4 is 15.4 Å². The van der Waals surface area contributed by atoms with Gasteiger partial charge in [0.2, 0.25) is 0 Å². The number of ether oxygens (including phenoxy) is 2. The van der Waals surface area contributed by atoms with Gasteiger partial charge in [0, 0.05) is 57.0 Å². The highest BCUT2D eigenvalue weighted by Crippen LogP contribution is 2.23. The third-order valence-electron chi connectivity index (χ3n) is 5.59. The van der Waals surface area contributed by atoms with Gasteiger partial charge in [0.25, 0.3) is 0 Å². The summed E-state index contributed by atoms with van der Waals surface area (Å²) in [6.45, 7) is 5.76. The first-order valence-corrected chi connectivity index (χ1v) is 10.9. The molecule has 1 aromatic carbocycles. The number of guanidine groups is 1. The first-order chi connectivity index (χ1) is 15.0. The standard InChI is InChI=1S/C23H36N6O2/c1-17-6-7-19(22(10-17)31-16-18-8-9-30-15-18)11-25-23(24-2)26-13-21(28(3)4)20-12-27-29(5)14-20/h6-7,10,12,14,18,21H,8-9,11,13,15-16H2,1-5H3,(H2,24,25,26). The van der Waals surface area contributed by atoms with E-state index in [1.54, 1.807) is 7.05 Å². The maximum absolute atomic E-state index is 6.16. The number of nitrogens with zero attached hydrogens (tertiary/aromatic N) is 4. The van der Waals surface area contributed by atoms with Crippen molar-refractivity contribution in [2.75, 3.05) is 47.5 Å². The number of benzene rings is 1. The Labute approximate surface area is 185 Å². The lowest BCUT2D eigenvalue weighted by atomic mass is 10.1. The van der Waals surface area contributed by atoms with Crippen molar-refractivity contribution in [1.82, 2.24) is 25.3 Å². The van der Waals surface area contributed by atoms with Crippen LogP contribution in [0.3, 0.4) is 0 Å². The Morgan fingerprint density at radius 1 is 1.39 bits per heavy atom. The maximum Gasteiger partial charge on any atom is 0.191 e. The van der Waals surface area contributed by atoms with Crippen LogP contribution in [0.4, 0.5) is 0 Å². The fourth-order valence-electron chi connectivity index (χ4n) is 3.67. The molecule has 1 fully saturated rings. The van der Waals surface area contributed by atoms with Gasteiger partial charge in [0.15, 0.2) is 5.96 Å². The van der Waals surface area contributed by atoms with E-state index in [1.165, 1.54) is 11.1 Å². The van der Waals surface area contributed by atoms with Crippen molar-refractivity contribution in [2.45, 2.75) is 25.9 Å². The molecule has 1 aliphatic rings. The molecule has 1 saturated heterocycles. The molecule has 8 nitrogen and oxygen atoms in total. The molecule has 0 spiro atoms. The Hall–Kier alpha value is -2.58. The van der Waals surface area contributed by atoms with Gasteiger partial charge in [0.1, 0.15) is 5.75 Å². The monoisotopic (exact) mass is 428 g/mol. The largest absolute Gasteiger partial charge is 0.493 e. The Morgan fingerprint density at radius 2 is 2.23 bits per heavy atom. The van der Waals surface area contributed by atoms with Crippen LogP contribution in [0.1, 0.15) is 29.2 Å². The first-order valence-electron chi connectivity index (χ1n) is 10.9. The lowest BCUT2D eigenvalue weighted by molar-refractivity contribution is 0.166. The molecule has 2 unspecified atom stereocenters. The quantitative estimate of drug-likeness (QED) is 0.471. The fraction of sp³-hybridized carbons (Fsp3) is 0.565. The zero-order chi connectivity index (χ0) is 22.2. The number of likely N-dealkylation sites (N-methyl/N-ethyl adjacent to an activating group) is 1. The molecule has 2 aromatic rings. The lowest BCUT2D eigenvalue weighted by Gasteiger charge is -2.24. The van der Waals surface area contributed by atoms with Gasteiger partial charge < -0.3 is 25.0 Å². The average molecular weight is 429 g/mol. The van der Waals surface area contributed by atoms with Gasteiger partial charge in [-0.1, -0.05) is 12.1 Å². The zero-order valence-corrected chi connectivity index (χ0v) is 19.4. The number of aryl methyl sites for hydroxylation is 2. The van der Waals surface area contributed by atoms with Gasteiger partial charge >= 0.3 is 0 Å². The minimum atomic E-state index is 0.194. The molecule has 31 heavy (non-hydrogen) atoms. The van der Waals surface area contributed by atoms with Gasteiger partial charge in [0.05, 0.1) is 25.5 Å². The Kier molecular flexibility index (Phi) is 8.31. The van der Waals surface area contributed by atoms with E-state index in [2.05, 4.69) is 64.8 Å². The molecule has 0 bridgehead atoms. The van der Waals surface area contributed by atoms with E-state index in [9.17, 15) is 0 Å². The van der Waals surface area contributed by atoms with Crippen molar-refractivity contribution in [3.63, 3.8) is 0 Å². The Bertz CT molecular complexity index is 858. The number of hydrogen-bond donors (Lipinski definition) is 2. The van der Waals surface area contributed by atoms with E-state index in [1.807, 2.05) is 24.1 Å². The summed E-state index contributed by atoms with van der Waals surface area (Å²) in [6.07, 6.45) is 5.03. The first kappa shape index (κ1) is 23.1. The van der Waals surface area contributed by atoms with E-state index in [4.69, 9.17) is 9.47 Å². The molecule has 8 heteroatoms. The average Bonchev–Trinajstić information content (AvgIpc) is 3.41. The number of hydrogen-bond acceptors (Lipinski definition) is 5. The van der Waals surface area contributed by atoms with Crippen LogP contribution in [0.25, 0.3) is 0 Å². The summed E-state index contributed by atoms with van der Waals surface area (Å²) in [4.78, 5) is 6.56. The molecule has 2 N–H and O–H groups in total. The predicted molar refractivity (Wildman–Crippen MR) is 123 cm³/mol. The minimum absolute atomic E-state index is 0.194. The second-order valence-corrected chi connectivity index (χ2v) is 8.39. The van der Waals surface area contributed by atoms with Crippen LogP contribution in [0.2, 0.25) is 0 Å². The topological polar surface area (TPSA) is 75.9 Å². The van der Waals surface area contributed by atoms with Crippen molar-refractivity contribution in [3.8, 4) is 5.75 Å². The van der Waals surface area contributed by atoms with Gasteiger partial charge in [-0.2, -0.15) is 5.10 Å². The third-order valence-corrected chi connectivity index (χ3v) is 5.59. The highest BCUT2D eigenvalue weighted by Gasteiger charge is 2.18. The number of nitrogens with one attached hydrogen (secondary N) is 2. The zero-order valence-electron chi connectivity index (χ0n) is 19.4. The van der Waals surface area contributed by atoms with Gasteiger partial charge in [-0.15, -0.1) is 0 Å². The molecule has 1 aromatic heterocycles. The highest BCUT2D eigenvalue weighted by atomic mass is 16.5. The second kappa shape index (κ2) is 11.2. The minimum Gasteiger partial charge on any atom is -0.493 e. The molecule has 0 saturated carbocycles. The summed E-state index contributed by atoms with van der Waals surface area (Å²) >= 11 is 0. The summed E-state index contributed by atoms with van der Waals surface area (Å²) in [5.74, 6) is 2.16. The fourth-order valence-corrected chi connectivity index (χ4v) is 3.67. The maximum atomic E-state index is 6.16. The van der Waals surface area contributed by atoms with Gasteiger partial charge in [-0.3, -0.25) is 9.67 Å². The van der Waals surface area contributed by atoms with Crippen molar-refractivity contribution in [2.24, 2.45) is 18.0 Å². The van der Waals surface area contributed by atoms with Crippen molar-refractivity contribution in [3.05, 3.63) is 47.3 Å². The number of rotatable bonds is 9. The third kappa shape index (κ3) is 6.70. The van der Waals surface area contributed by atoms with Crippen LogP contribution in [-0.4, -0.2) is 68.1 Å². The van der Waals surface area contributed by atoms with E-state index >= 15 is 0 Å². The molecular formula is C23H36N6O2. The molecule has 0 amide bonds. The van der Waals surface area contributed by atoms with E-state index in [-0.39, 0.29) is 6.04 Å². The molecule has 2 heterocycles. The summed E-state index contributed by atoms with van der Waals surface area (Å²) in [6, 6.07) is 6.53. The molecular weight excluding hydrogens is 392 g/mol. The summed E-state index contributed by atoms with van der Waals surface area (Å²) in [7, 11) is 7.86. The molecule has 2 atom stereocenters. The summed E-state index contributed by atoms with van der Waals surface area (Å²) in [5.41, 5.74) is 3.47. The predicted octanol–water partition coefficient (Wildman–Crippen LogP) is 2.11. The summed E-state index contributed by atoms with van der Waals surface area (Å²) < 4.78 is 13.5. The normalized spacial score (nSPS) is 17.7. The number of aliphatic imine (C=N–C) groups is 1. The lowest BCUT2D eigenvalue weighted by Crippen LogP contribution is -2.41. The SMILES string of the molecule is CN=C(NCc1ccc(C)cc1OCC1CCOC1)NCC(c1cnn(C)c1)N(C)C. The smallest absolute Gasteiger partial charge is 0.191 e. The van der Waals surface area contributed by atoms with Crippen molar-refractivity contribution < 1.29 is 9.47 Å². The molecule has 1 aliphatic heterocycles. The van der Waals surface area contributed by atoms with Crippen LogP contribution >= 0.6 is 0 Å². The van der Waals surface area contributed by atoms with Crippen molar-refractivity contribution in [1.29, 1.82) is 0 Å². The van der Waals surface area contributed by atoms with E-state index < -0.39 is 0 Å². The van der Waals surface area contributed by atoms with Crippen LogP contribution in [0.15, 0.2) is 35.6 Å². The second-order valence-electron chi connectivity index (χ2n) is 8.39. The van der Waals surface area contributed by atoms with Crippen LogP contribution in [0, 0.1) is 12.8 Å². The number of aromatic nitrogens is 2. The van der Waals surface area contributed by atoms with E-state index in [0.717, 1.165) is 43.5 Å². The summed E-state index contributed by atoms with van der Waals surface area (Å²) in [5, 5.41) is 11.2.